The third-order valence-corrected chi connectivity index (χ3v) is 4.00. The SMILES string of the molecule is CC(C)(C)[S@@+]([O-])/N=C\Cc1ccc(F)c(Br)c1. The van der Waals surface area contributed by atoms with Crippen molar-refractivity contribution in [1.29, 1.82) is 0 Å². The summed E-state index contributed by atoms with van der Waals surface area (Å²) in [6, 6.07) is 4.78. The topological polar surface area (TPSA) is 35.4 Å². The summed E-state index contributed by atoms with van der Waals surface area (Å²) in [5.74, 6) is -0.288. The van der Waals surface area contributed by atoms with Crippen LogP contribution in [0.5, 0.6) is 0 Å². The van der Waals surface area contributed by atoms with Crippen molar-refractivity contribution in [2.24, 2.45) is 4.40 Å². The summed E-state index contributed by atoms with van der Waals surface area (Å²) in [4.78, 5) is 0. The van der Waals surface area contributed by atoms with Crippen molar-refractivity contribution in [1.82, 2.24) is 0 Å². The van der Waals surface area contributed by atoms with Gasteiger partial charge in [-0.1, -0.05) is 10.5 Å². The van der Waals surface area contributed by atoms with Gasteiger partial charge in [0.1, 0.15) is 21.9 Å². The van der Waals surface area contributed by atoms with Gasteiger partial charge in [0.2, 0.25) is 0 Å². The van der Waals surface area contributed by atoms with Crippen molar-refractivity contribution in [2.45, 2.75) is 31.9 Å². The molecule has 1 aromatic carbocycles. The smallest absolute Gasteiger partial charge is 0.144 e. The molecule has 94 valence electrons. The maximum atomic E-state index is 13.0. The summed E-state index contributed by atoms with van der Waals surface area (Å²) in [6.07, 6.45) is 2.15. The Hall–Kier alpha value is -0.390. The molecule has 0 saturated carbocycles. The largest absolute Gasteiger partial charge is 0.591 e. The van der Waals surface area contributed by atoms with Crippen molar-refractivity contribution >= 4 is 33.5 Å². The quantitative estimate of drug-likeness (QED) is 0.618. The van der Waals surface area contributed by atoms with Crippen molar-refractivity contribution in [3.63, 3.8) is 0 Å². The first-order valence-electron chi connectivity index (χ1n) is 5.19. The Kier molecular flexibility index (Phi) is 5.16. The highest BCUT2D eigenvalue weighted by molar-refractivity contribution is 9.10. The first kappa shape index (κ1) is 14.7. The number of hydrogen-bond acceptors (Lipinski definition) is 2. The highest BCUT2D eigenvalue weighted by atomic mass is 79.9. The standard InChI is InChI=1S/C12H15BrFNOS/c1-12(2,3)17(16)15-7-6-9-4-5-11(14)10(13)8-9/h4-5,7-8H,6H2,1-3H3/b15-7-/t17-/m1/s1. The van der Waals surface area contributed by atoms with Crippen LogP contribution in [0.4, 0.5) is 4.39 Å². The van der Waals surface area contributed by atoms with Crippen LogP contribution in [-0.4, -0.2) is 15.5 Å². The summed E-state index contributed by atoms with van der Waals surface area (Å²) in [5.41, 5.74) is 0.924. The number of benzene rings is 1. The fourth-order valence-electron chi connectivity index (χ4n) is 1.04. The second-order valence-electron chi connectivity index (χ2n) is 4.60. The Labute approximate surface area is 113 Å². The molecule has 0 heterocycles. The van der Waals surface area contributed by atoms with Gasteiger partial charge in [-0.05, 0) is 54.4 Å². The summed E-state index contributed by atoms with van der Waals surface area (Å²) in [6.45, 7) is 5.61. The second-order valence-corrected chi connectivity index (χ2v) is 7.39. The van der Waals surface area contributed by atoms with Crippen molar-refractivity contribution in [2.75, 3.05) is 0 Å². The fourth-order valence-corrected chi connectivity index (χ4v) is 1.99. The molecule has 0 aliphatic heterocycles. The van der Waals surface area contributed by atoms with Gasteiger partial charge in [-0.2, -0.15) is 0 Å². The molecular weight excluding hydrogens is 305 g/mol. The van der Waals surface area contributed by atoms with Gasteiger partial charge < -0.3 is 4.55 Å². The third-order valence-electron chi connectivity index (χ3n) is 2.01. The molecule has 2 nitrogen and oxygen atoms in total. The first-order valence-corrected chi connectivity index (χ1v) is 7.09. The van der Waals surface area contributed by atoms with Crippen LogP contribution in [0.25, 0.3) is 0 Å². The van der Waals surface area contributed by atoms with Gasteiger partial charge >= 0.3 is 0 Å². The lowest BCUT2D eigenvalue weighted by atomic mass is 10.2. The van der Waals surface area contributed by atoms with Crippen molar-refractivity contribution in [3.05, 3.63) is 34.1 Å². The molecule has 0 N–H and O–H groups in total. The van der Waals surface area contributed by atoms with E-state index in [1.165, 1.54) is 6.07 Å². The minimum atomic E-state index is -1.24. The van der Waals surface area contributed by atoms with Crippen LogP contribution in [0.3, 0.4) is 0 Å². The van der Waals surface area contributed by atoms with E-state index in [9.17, 15) is 8.94 Å². The maximum absolute atomic E-state index is 13.0. The Morgan fingerprint density at radius 3 is 2.65 bits per heavy atom. The van der Waals surface area contributed by atoms with E-state index in [-0.39, 0.29) is 10.6 Å². The Morgan fingerprint density at radius 1 is 1.47 bits per heavy atom. The van der Waals surface area contributed by atoms with Crippen LogP contribution in [0.1, 0.15) is 26.3 Å². The normalized spacial score (nSPS) is 14.2. The van der Waals surface area contributed by atoms with E-state index >= 15 is 0 Å². The molecule has 0 bridgehead atoms. The van der Waals surface area contributed by atoms with Crippen molar-refractivity contribution in [3.8, 4) is 0 Å². The predicted octanol–water partition coefficient (Wildman–Crippen LogP) is 3.66. The zero-order valence-corrected chi connectivity index (χ0v) is 12.4. The van der Waals surface area contributed by atoms with E-state index in [1.807, 2.05) is 20.8 Å². The zero-order valence-electron chi connectivity index (χ0n) is 10.0. The molecule has 5 heteroatoms. The van der Waals surface area contributed by atoms with Crippen LogP contribution in [0, 0.1) is 5.82 Å². The fraction of sp³-hybridized carbons (Fsp3) is 0.417. The lowest BCUT2D eigenvalue weighted by Crippen LogP contribution is -2.25. The van der Waals surface area contributed by atoms with Gasteiger partial charge in [-0.25, -0.2) is 4.39 Å². The predicted molar refractivity (Wildman–Crippen MR) is 74.2 cm³/mol. The summed E-state index contributed by atoms with van der Waals surface area (Å²) in [5, 5.41) is 0. The molecule has 0 unspecified atom stereocenters. The van der Waals surface area contributed by atoms with E-state index < -0.39 is 11.4 Å². The van der Waals surface area contributed by atoms with Crippen LogP contribution in [0.15, 0.2) is 27.1 Å². The van der Waals surface area contributed by atoms with Crippen LogP contribution < -0.4 is 0 Å². The molecule has 0 aliphatic rings. The maximum Gasteiger partial charge on any atom is 0.144 e. The zero-order chi connectivity index (χ0) is 13.1. The van der Waals surface area contributed by atoms with Gasteiger partial charge in [0.05, 0.1) is 10.7 Å². The lowest BCUT2D eigenvalue weighted by Gasteiger charge is -2.17. The lowest BCUT2D eigenvalue weighted by molar-refractivity contribution is 0.561. The number of nitrogens with zero attached hydrogens (tertiary/aromatic N) is 1. The Morgan fingerprint density at radius 2 is 2.12 bits per heavy atom. The monoisotopic (exact) mass is 319 g/mol. The Bertz CT molecular complexity index is 417. The van der Waals surface area contributed by atoms with E-state index in [4.69, 9.17) is 0 Å². The molecule has 17 heavy (non-hydrogen) atoms. The van der Waals surface area contributed by atoms with Gasteiger partial charge in [-0.15, -0.1) is 0 Å². The molecule has 0 spiro atoms. The summed E-state index contributed by atoms with van der Waals surface area (Å²) >= 11 is 1.88. The molecule has 0 aromatic heterocycles. The molecule has 0 saturated heterocycles. The van der Waals surface area contributed by atoms with E-state index in [0.29, 0.717) is 10.9 Å². The molecule has 0 aliphatic carbocycles. The van der Waals surface area contributed by atoms with E-state index in [1.54, 1.807) is 18.3 Å². The van der Waals surface area contributed by atoms with Crippen LogP contribution in [0.2, 0.25) is 0 Å². The van der Waals surface area contributed by atoms with Gasteiger partial charge in [0.25, 0.3) is 0 Å². The van der Waals surface area contributed by atoms with Gasteiger partial charge in [0, 0.05) is 6.42 Å². The summed E-state index contributed by atoms with van der Waals surface area (Å²) < 4.78 is 28.7. The number of hydrogen-bond donors (Lipinski definition) is 0. The molecule has 0 amide bonds. The first-order chi connectivity index (χ1) is 7.80. The van der Waals surface area contributed by atoms with Gasteiger partial charge in [0.15, 0.2) is 0 Å². The highest BCUT2D eigenvalue weighted by Crippen LogP contribution is 2.18. The van der Waals surface area contributed by atoms with Gasteiger partial charge in [-0.3, -0.25) is 0 Å². The average molecular weight is 320 g/mol. The molecule has 0 fully saturated rings. The molecule has 1 rings (SSSR count). The Balaban J connectivity index is 2.62. The third kappa shape index (κ3) is 4.77. The second kappa shape index (κ2) is 5.98. The summed E-state index contributed by atoms with van der Waals surface area (Å²) in [7, 11) is 0. The molecule has 1 aromatic rings. The number of halogens is 2. The van der Waals surface area contributed by atoms with Crippen LogP contribution in [-0.2, 0) is 17.8 Å². The molecule has 0 radical (unpaired) electrons. The van der Waals surface area contributed by atoms with E-state index in [0.717, 1.165) is 5.56 Å². The van der Waals surface area contributed by atoms with Crippen molar-refractivity contribution < 1.29 is 8.94 Å². The minimum absolute atomic E-state index is 0.288. The number of rotatable bonds is 3. The van der Waals surface area contributed by atoms with Crippen LogP contribution >= 0.6 is 15.9 Å². The van der Waals surface area contributed by atoms with E-state index in [2.05, 4.69) is 20.3 Å². The minimum Gasteiger partial charge on any atom is -0.591 e. The molecular formula is C12H15BrFNOS. The average Bonchev–Trinajstić information content (AvgIpc) is 2.22. The highest BCUT2D eigenvalue weighted by Gasteiger charge is 2.25. The molecule has 1 atom stereocenters.